The Labute approximate surface area is 127 Å². The minimum absolute atomic E-state index is 1.08. The van der Waals surface area contributed by atoms with Gasteiger partial charge in [0.2, 0.25) is 0 Å². The van der Waals surface area contributed by atoms with Crippen LogP contribution in [0.15, 0.2) is 10.2 Å². The van der Waals surface area contributed by atoms with Gasteiger partial charge in [-0.2, -0.15) is 10.2 Å². The van der Waals surface area contributed by atoms with Crippen molar-refractivity contribution in [3.63, 3.8) is 0 Å². The lowest BCUT2D eigenvalue weighted by atomic mass is 9.97. The Balaban J connectivity index is 2.60. The van der Waals surface area contributed by atoms with Crippen molar-refractivity contribution < 1.29 is 0 Å². The van der Waals surface area contributed by atoms with E-state index in [9.17, 15) is 0 Å². The zero-order valence-corrected chi connectivity index (χ0v) is 16.6. The van der Waals surface area contributed by atoms with Crippen LogP contribution in [0.2, 0.25) is 39.3 Å². The SMILES string of the molecule is CN(N=C1CCC(=NN(C)[Si](C)(C)C)CC1)[Si](C)(C)C. The van der Waals surface area contributed by atoms with E-state index in [4.69, 9.17) is 10.2 Å². The van der Waals surface area contributed by atoms with Gasteiger partial charge < -0.3 is 9.35 Å². The predicted molar refractivity (Wildman–Crippen MR) is 95.6 cm³/mol. The van der Waals surface area contributed by atoms with Crippen LogP contribution < -0.4 is 0 Å². The van der Waals surface area contributed by atoms with E-state index >= 15 is 0 Å². The molecule has 20 heavy (non-hydrogen) atoms. The quantitative estimate of drug-likeness (QED) is 0.584. The Hall–Kier alpha value is -0.626. The van der Waals surface area contributed by atoms with E-state index in [-0.39, 0.29) is 0 Å². The molecule has 0 saturated heterocycles. The van der Waals surface area contributed by atoms with Gasteiger partial charge in [0.15, 0.2) is 16.5 Å². The molecule has 0 amide bonds. The molecule has 1 aliphatic rings. The molecule has 116 valence electrons. The lowest BCUT2D eigenvalue weighted by Crippen LogP contribution is -2.41. The summed E-state index contributed by atoms with van der Waals surface area (Å²) in [4.78, 5) is 0. The summed E-state index contributed by atoms with van der Waals surface area (Å²) in [5.41, 5.74) is 2.70. The Morgan fingerprint density at radius 2 is 0.900 bits per heavy atom. The maximum Gasteiger partial charge on any atom is 0.168 e. The highest BCUT2D eigenvalue weighted by molar-refractivity contribution is 6.73. The molecular formula is C14H32N4Si2. The molecular weight excluding hydrogens is 280 g/mol. The normalized spacial score (nSPS) is 17.0. The van der Waals surface area contributed by atoms with Gasteiger partial charge >= 0.3 is 0 Å². The fourth-order valence-corrected chi connectivity index (χ4v) is 2.63. The van der Waals surface area contributed by atoms with Crippen molar-refractivity contribution in [1.29, 1.82) is 0 Å². The fraction of sp³-hybridized carbons (Fsp3) is 0.857. The lowest BCUT2D eigenvalue weighted by Gasteiger charge is -2.30. The highest BCUT2D eigenvalue weighted by atomic mass is 28.3. The largest absolute Gasteiger partial charge is 0.328 e. The molecule has 0 bridgehead atoms. The van der Waals surface area contributed by atoms with Gasteiger partial charge in [0.25, 0.3) is 0 Å². The maximum absolute atomic E-state index is 4.82. The second kappa shape index (κ2) is 6.43. The summed E-state index contributed by atoms with van der Waals surface area (Å²) in [6.07, 6.45) is 4.31. The fourth-order valence-electron chi connectivity index (χ4n) is 1.75. The average molecular weight is 313 g/mol. The van der Waals surface area contributed by atoms with Crippen LogP contribution in [0, 0.1) is 0 Å². The van der Waals surface area contributed by atoms with Gasteiger partial charge in [0.1, 0.15) is 0 Å². The number of hydrogen-bond acceptors (Lipinski definition) is 4. The monoisotopic (exact) mass is 312 g/mol. The number of hydrazone groups is 2. The van der Waals surface area contributed by atoms with Crippen molar-refractivity contribution in [2.75, 3.05) is 14.1 Å². The summed E-state index contributed by atoms with van der Waals surface area (Å²) in [5, 5.41) is 9.64. The summed E-state index contributed by atoms with van der Waals surface area (Å²) >= 11 is 0. The van der Waals surface area contributed by atoms with Gasteiger partial charge in [0, 0.05) is 25.5 Å². The van der Waals surface area contributed by atoms with Crippen LogP contribution >= 0.6 is 0 Å². The van der Waals surface area contributed by atoms with E-state index in [2.05, 4.69) is 62.7 Å². The van der Waals surface area contributed by atoms with Gasteiger partial charge in [-0.3, -0.25) is 0 Å². The van der Waals surface area contributed by atoms with Crippen LogP contribution in [0.5, 0.6) is 0 Å². The molecule has 1 aliphatic carbocycles. The topological polar surface area (TPSA) is 31.2 Å². The molecule has 0 unspecified atom stereocenters. The highest BCUT2D eigenvalue weighted by Gasteiger charge is 2.23. The zero-order chi connectivity index (χ0) is 15.6. The van der Waals surface area contributed by atoms with E-state index in [0.717, 1.165) is 25.7 Å². The third-order valence-corrected chi connectivity index (χ3v) is 8.01. The first-order valence-electron chi connectivity index (χ1n) is 7.60. The van der Waals surface area contributed by atoms with E-state index in [1.165, 1.54) is 11.4 Å². The highest BCUT2D eigenvalue weighted by Crippen LogP contribution is 2.18. The second-order valence-corrected chi connectivity index (χ2v) is 17.7. The van der Waals surface area contributed by atoms with Crippen molar-refractivity contribution in [3.8, 4) is 0 Å². The molecule has 1 fully saturated rings. The Morgan fingerprint density at radius 1 is 0.650 bits per heavy atom. The van der Waals surface area contributed by atoms with E-state index in [1.807, 2.05) is 0 Å². The minimum Gasteiger partial charge on any atom is -0.328 e. The van der Waals surface area contributed by atoms with Crippen molar-refractivity contribution in [2.24, 2.45) is 10.2 Å². The Bertz CT molecular complexity index is 341. The van der Waals surface area contributed by atoms with Gasteiger partial charge in [-0.05, 0) is 25.7 Å². The first-order valence-corrected chi connectivity index (χ1v) is 14.5. The van der Waals surface area contributed by atoms with Crippen LogP contribution in [0.3, 0.4) is 0 Å². The summed E-state index contributed by atoms with van der Waals surface area (Å²) in [7, 11) is 1.65. The third kappa shape index (κ3) is 5.40. The first kappa shape index (κ1) is 17.4. The smallest absolute Gasteiger partial charge is 0.168 e. The summed E-state index contributed by atoms with van der Waals surface area (Å²) in [6.45, 7) is 14.0. The summed E-state index contributed by atoms with van der Waals surface area (Å²) in [5.74, 6) is 0. The Kier molecular flexibility index (Phi) is 5.60. The van der Waals surface area contributed by atoms with Crippen molar-refractivity contribution in [2.45, 2.75) is 65.0 Å². The molecule has 1 rings (SSSR count). The summed E-state index contributed by atoms with van der Waals surface area (Å²) in [6, 6.07) is 0. The van der Waals surface area contributed by atoms with E-state index in [0.29, 0.717) is 0 Å². The molecule has 0 aromatic carbocycles. The van der Waals surface area contributed by atoms with Gasteiger partial charge in [0.05, 0.1) is 0 Å². The summed E-state index contributed by atoms with van der Waals surface area (Å²) < 4.78 is 4.44. The van der Waals surface area contributed by atoms with Crippen LogP contribution in [-0.4, -0.2) is 51.3 Å². The van der Waals surface area contributed by atoms with Crippen LogP contribution in [-0.2, 0) is 0 Å². The first-order chi connectivity index (χ1) is 9.00. The maximum atomic E-state index is 4.82. The number of rotatable bonds is 4. The van der Waals surface area contributed by atoms with Crippen LogP contribution in [0.4, 0.5) is 0 Å². The van der Waals surface area contributed by atoms with Crippen LogP contribution in [0.25, 0.3) is 0 Å². The molecule has 0 aromatic heterocycles. The lowest BCUT2D eigenvalue weighted by molar-refractivity contribution is 0.535. The molecule has 0 atom stereocenters. The molecule has 6 heteroatoms. The molecule has 0 aromatic rings. The van der Waals surface area contributed by atoms with E-state index in [1.54, 1.807) is 0 Å². The van der Waals surface area contributed by atoms with Crippen LogP contribution in [0.1, 0.15) is 25.7 Å². The molecule has 0 aliphatic heterocycles. The molecule has 1 saturated carbocycles. The molecule has 0 radical (unpaired) electrons. The average Bonchev–Trinajstić information content (AvgIpc) is 2.29. The second-order valence-electron chi connectivity index (χ2n) is 7.72. The van der Waals surface area contributed by atoms with E-state index < -0.39 is 16.5 Å². The minimum atomic E-state index is -1.30. The third-order valence-electron chi connectivity index (χ3n) is 3.93. The molecule has 0 heterocycles. The molecule has 0 spiro atoms. The number of hydrogen-bond donors (Lipinski definition) is 0. The van der Waals surface area contributed by atoms with Gasteiger partial charge in [-0.25, -0.2) is 0 Å². The van der Waals surface area contributed by atoms with Crippen molar-refractivity contribution in [1.82, 2.24) is 9.35 Å². The van der Waals surface area contributed by atoms with Crippen molar-refractivity contribution >= 4 is 27.9 Å². The molecule has 4 nitrogen and oxygen atoms in total. The Morgan fingerprint density at radius 3 is 1.10 bits per heavy atom. The van der Waals surface area contributed by atoms with Gasteiger partial charge in [-0.1, -0.05) is 39.3 Å². The van der Waals surface area contributed by atoms with Crippen molar-refractivity contribution in [3.05, 3.63) is 0 Å². The standard InChI is InChI=1S/C14H32N4Si2/c1-17(19(3,4)5)15-13-9-11-14(12-10-13)16-18(2)20(6,7)8/h9-12H2,1-8H3. The number of nitrogens with zero attached hydrogens (tertiary/aromatic N) is 4. The van der Waals surface area contributed by atoms with Gasteiger partial charge in [-0.15, -0.1) is 0 Å². The molecule has 0 N–H and O–H groups in total. The zero-order valence-electron chi connectivity index (χ0n) is 14.6. The predicted octanol–water partition coefficient (Wildman–Crippen LogP) is 3.81.